The number of carbonyl (C=O) groups is 2. The van der Waals surface area contributed by atoms with Crippen LogP contribution in [0.15, 0.2) is 78.4 Å². The molecule has 0 radical (unpaired) electrons. The van der Waals surface area contributed by atoms with Crippen molar-refractivity contribution in [3.8, 4) is 5.75 Å². The second kappa shape index (κ2) is 13.3. The van der Waals surface area contributed by atoms with Crippen molar-refractivity contribution in [3.05, 3.63) is 105 Å². The quantitative estimate of drug-likeness (QED) is 0.322. The number of carbonyl (C=O) groups excluding carboxylic acids is 2. The first-order chi connectivity index (χ1) is 20.2. The van der Waals surface area contributed by atoms with Gasteiger partial charge in [-0.15, -0.1) is 0 Å². The number of hydrogen-bond donors (Lipinski definition) is 1. The van der Waals surface area contributed by atoms with Crippen LogP contribution in [0.3, 0.4) is 0 Å². The molecule has 6 nitrogen and oxygen atoms in total. The molecule has 3 aromatic rings. The lowest BCUT2D eigenvalue weighted by atomic mass is 9.82. The molecule has 2 amide bonds. The molecule has 0 saturated carbocycles. The number of rotatable bonds is 9. The zero-order chi connectivity index (χ0) is 29.8. The standard InChI is InChI=1S/C34H37Cl2N3O3/c1-22(42-31-14-8-13-29(35)33(31)36)17-25-11-7-12-26(18-25)28-19-27-20-39(23(2)40)21-30(37-27)32(28)34(41)38(3)16-15-24-9-5-4-6-10-24/h4-14,18,22,27,30,37H,15-17,19-21H2,1-3H3/t22?,27-,30-/m1/s1. The molecular weight excluding hydrogens is 569 g/mol. The van der Waals surface area contributed by atoms with Crippen LogP contribution >= 0.6 is 23.2 Å². The predicted octanol–water partition coefficient (Wildman–Crippen LogP) is 6.05. The monoisotopic (exact) mass is 605 g/mol. The van der Waals surface area contributed by atoms with E-state index in [4.69, 9.17) is 27.9 Å². The number of fused-ring (bicyclic) bond motifs is 2. The Labute approximate surface area is 258 Å². The van der Waals surface area contributed by atoms with Gasteiger partial charge in [-0.1, -0.05) is 83.9 Å². The number of halogens is 2. The Bertz CT molecular complexity index is 1480. The van der Waals surface area contributed by atoms with Crippen LogP contribution in [-0.4, -0.2) is 66.5 Å². The van der Waals surface area contributed by atoms with Crippen LogP contribution in [0, 0.1) is 0 Å². The number of nitrogens with one attached hydrogen (secondary N) is 1. The first-order valence-corrected chi connectivity index (χ1v) is 15.2. The summed E-state index contributed by atoms with van der Waals surface area (Å²) in [5, 5.41) is 4.51. The highest BCUT2D eigenvalue weighted by atomic mass is 35.5. The molecule has 2 aliphatic heterocycles. The molecule has 2 heterocycles. The van der Waals surface area contributed by atoms with E-state index in [0.29, 0.717) is 48.3 Å². The van der Waals surface area contributed by atoms with Crippen LogP contribution in [0.4, 0.5) is 0 Å². The lowest BCUT2D eigenvalue weighted by molar-refractivity contribution is -0.132. The molecule has 2 bridgehead atoms. The van der Waals surface area contributed by atoms with Gasteiger partial charge >= 0.3 is 0 Å². The highest BCUT2D eigenvalue weighted by Gasteiger charge is 2.39. The summed E-state index contributed by atoms with van der Waals surface area (Å²) in [4.78, 5) is 30.1. The lowest BCUT2D eigenvalue weighted by Gasteiger charge is -2.44. The van der Waals surface area contributed by atoms with Crippen LogP contribution < -0.4 is 10.1 Å². The highest BCUT2D eigenvalue weighted by molar-refractivity contribution is 6.42. The van der Waals surface area contributed by atoms with Crippen LogP contribution in [-0.2, 0) is 22.4 Å². The Hall–Kier alpha value is -3.32. The minimum Gasteiger partial charge on any atom is -0.489 e. The third-order valence-corrected chi connectivity index (χ3v) is 8.85. The molecule has 0 spiro atoms. The maximum Gasteiger partial charge on any atom is 0.251 e. The van der Waals surface area contributed by atoms with Gasteiger partial charge in [-0.25, -0.2) is 0 Å². The van der Waals surface area contributed by atoms with E-state index in [0.717, 1.165) is 28.7 Å². The van der Waals surface area contributed by atoms with Crippen LogP contribution in [0.5, 0.6) is 5.75 Å². The topological polar surface area (TPSA) is 61.9 Å². The normalized spacial score (nSPS) is 18.9. The zero-order valence-corrected chi connectivity index (χ0v) is 25.8. The Kier molecular flexibility index (Phi) is 9.57. The van der Waals surface area contributed by atoms with Gasteiger partial charge in [0.15, 0.2) is 0 Å². The van der Waals surface area contributed by atoms with E-state index >= 15 is 0 Å². The summed E-state index contributed by atoms with van der Waals surface area (Å²) >= 11 is 12.5. The van der Waals surface area contributed by atoms with Gasteiger partial charge in [0.1, 0.15) is 10.8 Å². The first kappa shape index (κ1) is 30.1. The zero-order valence-electron chi connectivity index (χ0n) is 24.3. The second-order valence-electron chi connectivity index (χ2n) is 11.3. The number of amides is 2. The summed E-state index contributed by atoms with van der Waals surface area (Å²) in [6, 6.07) is 23.8. The van der Waals surface area contributed by atoms with Gasteiger partial charge in [0, 0.05) is 51.6 Å². The molecule has 3 aromatic carbocycles. The minimum absolute atomic E-state index is 0.0000132. The minimum atomic E-state index is -0.223. The van der Waals surface area contributed by atoms with E-state index in [-0.39, 0.29) is 30.0 Å². The molecule has 0 aromatic heterocycles. The molecule has 5 rings (SSSR count). The maximum atomic E-state index is 14.1. The van der Waals surface area contributed by atoms with Crippen LogP contribution in [0.25, 0.3) is 5.57 Å². The molecule has 1 saturated heterocycles. The van der Waals surface area contributed by atoms with E-state index in [2.05, 4.69) is 35.6 Å². The molecule has 2 aliphatic rings. The van der Waals surface area contributed by atoms with Crippen molar-refractivity contribution >= 4 is 40.6 Å². The highest BCUT2D eigenvalue weighted by Crippen LogP contribution is 2.35. The molecule has 1 unspecified atom stereocenters. The molecule has 220 valence electrons. The van der Waals surface area contributed by atoms with E-state index in [1.54, 1.807) is 13.0 Å². The fourth-order valence-electron chi connectivity index (χ4n) is 5.92. The van der Waals surface area contributed by atoms with Crippen LogP contribution in [0.2, 0.25) is 10.0 Å². The number of benzene rings is 3. The number of ether oxygens (including phenoxy) is 1. The van der Waals surface area contributed by atoms with E-state index < -0.39 is 0 Å². The van der Waals surface area contributed by atoms with Crippen molar-refractivity contribution in [2.75, 3.05) is 26.7 Å². The van der Waals surface area contributed by atoms with Crippen molar-refractivity contribution in [3.63, 3.8) is 0 Å². The molecule has 0 aliphatic carbocycles. The fourth-order valence-corrected chi connectivity index (χ4v) is 6.26. The summed E-state index contributed by atoms with van der Waals surface area (Å²) in [6.07, 6.45) is 1.96. The number of likely N-dealkylation sites (N-methyl/N-ethyl adjacent to an activating group) is 1. The second-order valence-corrected chi connectivity index (χ2v) is 12.1. The molecule has 3 atom stereocenters. The van der Waals surface area contributed by atoms with Gasteiger partial charge < -0.3 is 19.9 Å². The maximum absolute atomic E-state index is 14.1. The Morgan fingerprint density at radius 3 is 2.52 bits per heavy atom. The van der Waals surface area contributed by atoms with E-state index in [9.17, 15) is 9.59 Å². The van der Waals surface area contributed by atoms with Crippen molar-refractivity contribution in [1.82, 2.24) is 15.1 Å². The molecule has 42 heavy (non-hydrogen) atoms. The van der Waals surface area contributed by atoms with Crippen molar-refractivity contribution in [2.24, 2.45) is 0 Å². The van der Waals surface area contributed by atoms with Gasteiger partial charge in [0.05, 0.1) is 17.2 Å². The predicted molar refractivity (Wildman–Crippen MR) is 169 cm³/mol. The first-order valence-electron chi connectivity index (χ1n) is 14.4. The largest absolute Gasteiger partial charge is 0.489 e. The summed E-state index contributed by atoms with van der Waals surface area (Å²) in [5.74, 6) is 0.595. The number of piperazine rings is 1. The SMILES string of the molecule is CC(=O)N1C[C@H]2CC(c3cccc(CC(C)Oc4cccc(Cl)c4Cl)c3)=C(C(=O)N(C)CCc3ccccc3)[C@@H](C1)N2. The third-order valence-electron chi connectivity index (χ3n) is 8.05. The van der Waals surface area contributed by atoms with Gasteiger partial charge in [-0.05, 0) is 54.2 Å². The molecule has 1 fully saturated rings. The summed E-state index contributed by atoms with van der Waals surface area (Å²) < 4.78 is 6.13. The third kappa shape index (κ3) is 7.00. The van der Waals surface area contributed by atoms with E-state index in [1.165, 1.54) is 5.56 Å². The average molecular weight is 607 g/mol. The Morgan fingerprint density at radius 1 is 1.02 bits per heavy atom. The van der Waals surface area contributed by atoms with Gasteiger partial charge in [-0.2, -0.15) is 0 Å². The number of hydrogen-bond acceptors (Lipinski definition) is 4. The van der Waals surface area contributed by atoms with E-state index in [1.807, 2.05) is 60.2 Å². The summed E-state index contributed by atoms with van der Waals surface area (Å²) in [5.41, 5.74) is 5.13. The lowest BCUT2D eigenvalue weighted by Crippen LogP contribution is -2.61. The smallest absolute Gasteiger partial charge is 0.251 e. The Morgan fingerprint density at radius 2 is 1.76 bits per heavy atom. The Balaban J connectivity index is 1.41. The van der Waals surface area contributed by atoms with Gasteiger partial charge in [0.25, 0.3) is 5.91 Å². The average Bonchev–Trinajstić information content (AvgIpc) is 2.98. The van der Waals surface area contributed by atoms with Crippen molar-refractivity contribution in [1.29, 1.82) is 0 Å². The van der Waals surface area contributed by atoms with Gasteiger partial charge in [-0.3, -0.25) is 9.59 Å². The fraction of sp³-hybridized carbons (Fsp3) is 0.353. The summed E-state index contributed by atoms with van der Waals surface area (Å²) in [7, 11) is 1.87. The molecular formula is C34H37Cl2N3O3. The molecule has 1 N–H and O–H groups in total. The van der Waals surface area contributed by atoms with Crippen molar-refractivity contribution in [2.45, 2.75) is 51.3 Å². The number of nitrogens with zero attached hydrogens (tertiary/aromatic N) is 2. The summed E-state index contributed by atoms with van der Waals surface area (Å²) in [6.45, 7) is 5.32. The van der Waals surface area contributed by atoms with Crippen LogP contribution in [0.1, 0.15) is 37.0 Å². The van der Waals surface area contributed by atoms with Crippen molar-refractivity contribution < 1.29 is 14.3 Å². The van der Waals surface area contributed by atoms with Gasteiger partial charge in [0.2, 0.25) is 5.91 Å². The molecule has 8 heteroatoms.